The maximum absolute atomic E-state index is 13.2. The van der Waals surface area contributed by atoms with Crippen LogP contribution in [0, 0.1) is 16.6 Å². The number of urea groups is 1. The Morgan fingerprint density at radius 2 is 1.79 bits per heavy atom. The Morgan fingerprint density at radius 1 is 1.15 bits per heavy atom. The number of pyridine rings is 1. The van der Waals surface area contributed by atoms with Gasteiger partial charge in [-0.05, 0) is 35.2 Å². The molecular weight excluding hydrogens is 421 g/mol. The third kappa shape index (κ3) is 5.72. The summed E-state index contributed by atoms with van der Waals surface area (Å²) in [6, 6.07) is 15.7. The Labute approximate surface area is 192 Å². The van der Waals surface area contributed by atoms with Crippen molar-refractivity contribution in [2.75, 3.05) is 11.1 Å². The number of aromatic nitrogens is 1. The van der Waals surface area contributed by atoms with Gasteiger partial charge in [-0.25, -0.2) is 14.2 Å². The second kappa shape index (κ2) is 9.79. The van der Waals surface area contributed by atoms with E-state index in [1.807, 2.05) is 51.1 Å². The van der Waals surface area contributed by atoms with Crippen molar-refractivity contribution in [3.8, 4) is 0 Å². The molecule has 0 saturated carbocycles. The van der Waals surface area contributed by atoms with Gasteiger partial charge < -0.3 is 16.2 Å². The molecule has 0 aliphatic heterocycles. The van der Waals surface area contributed by atoms with E-state index >= 15 is 0 Å². The number of carbonyl (C=O) groups is 1. The van der Waals surface area contributed by atoms with Crippen LogP contribution in [0.4, 0.5) is 20.7 Å². The van der Waals surface area contributed by atoms with Crippen LogP contribution >= 0.6 is 0 Å². The van der Waals surface area contributed by atoms with Crippen molar-refractivity contribution >= 4 is 23.2 Å². The van der Waals surface area contributed by atoms with Crippen molar-refractivity contribution in [2.24, 2.45) is 5.41 Å². The summed E-state index contributed by atoms with van der Waals surface area (Å²) in [5, 5.41) is 23.9. The third-order valence-corrected chi connectivity index (χ3v) is 5.17. The van der Waals surface area contributed by atoms with Gasteiger partial charge in [0.05, 0.1) is 24.1 Å². The fourth-order valence-corrected chi connectivity index (χ4v) is 3.58. The van der Waals surface area contributed by atoms with Crippen LogP contribution in [-0.2, 0) is 6.61 Å². The average Bonchev–Trinajstić information content (AvgIpc) is 2.77. The summed E-state index contributed by atoms with van der Waals surface area (Å²) in [4.78, 5) is 17.1. The van der Waals surface area contributed by atoms with Gasteiger partial charge in [-0.15, -0.1) is 0 Å². The van der Waals surface area contributed by atoms with Crippen molar-refractivity contribution in [1.82, 2.24) is 10.3 Å². The summed E-state index contributed by atoms with van der Waals surface area (Å²) in [6.45, 7) is 5.59. The number of nitrogens with one attached hydrogen (secondary N) is 3. The molecular formula is C25H28FN5O2. The molecule has 1 aromatic heterocycles. The van der Waals surface area contributed by atoms with E-state index in [0.29, 0.717) is 5.56 Å². The van der Waals surface area contributed by atoms with Crippen molar-refractivity contribution in [3.63, 3.8) is 0 Å². The fourth-order valence-electron chi connectivity index (χ4n) is 3.58. The molecule has 2 amide bonds. The third-order valence-electron chi connectivity index (χ3n) is 5.17. The standard InChI is InChI=1S/C25H28FN5O2/c1-25(2,3)23(16-7-5-4-6-8-16)31-24(33)30-20-13-18(27)21(19(14-32)29-20)22(28)15-9-11-17(26)12-10-15/h4-13,23,28,32H,14H2,1-3H3,(H4,27,29,30,31,33)/t23-/m0/s1. The molecule has 33 heavy (non-hydrogen) atoms. The normalized spacial score (nSPS) is 12.2. The van der Waals surface area contributed by atoms with E-state index in [9.17, 15) is 14.3 Å². The summed E-state index contributed by atoms with van der Waals surface area (Å²) >= 11 is 0. The number of rotatable bonds is 6. The zero-order valence-corrected chi connectivity index (χ0v) is 18.8. The van der Waals surface area contributed by atoms with E-state index in [2.05, 4.69) is 15.6 Å². The summed E-state index contributed by atoms with van der Waals surface area (Å²) < 4.78 is 13.2. The van der Waals surface area contributed by atoms with Gasteiger partial charge in [-0.2, -0.15) is 0 Å². The molecule has 1 atom stereocenters. The minimum atomic E-state index is -0.491. The van der Waals surface area contributed by atoms with Crippen LogP contribution in [0.5, 0.6) is 0 Å². The Balaban J connectivity index is 1.84. The molecule has 7 nitrogen and oxygen atoms in total. The number of nitrogen functional groups attached to an aromatic ring is 1. The summed E-state index contributed by atoms with van der Waals surface area (Å²) in [5.41, 5.74) is 7.82. The van der Waals surface area contributed by atoms with Crippen molar-refractivity contribution in [2.45, 2.75) is 33.4 Å². The molecule has 0 fully saturated rings. The highest BCUT2D eigenvalue weighted by Crippen LogP contribution is 2.32. The van der Waals surface area contributed by atoms with Crippen LogP contribution in [0.15, 0.2) is 60.7 Å². The maximum atomic E-state index is 13.2. The molecule has 172 valence electrons. The van der Waals surface area contributed by atoms with Crippen LogP contribution < -0.4 is 16.4 Å². The highest BCUT2D eigenvalue weighted by Gasteiger charge is 2.28. The molecule has 0 spiro atoms. The lowest BCUT2D eigenvalue weighted by Gasteiger charge is -2.32. The van der Waals surface area contributed by atoms with Crippen LogP contribution in [0.1, 0.15) is 49.2 Å². The van der Waals surface area contributed by atoms with Crippen LogP contribution in [0.3, 0.4) is 0 Å². The first-order valence-corrected chi connectivity index (χ1v) is 10.5. The number of nitrogens with two attached hydrogens (primary N) is 1. The van der Waals surface area contributed by atoms with Gasteiger partial charge in [0.25, 0.3) is 0 Å². The molecule has 0 radical (unpaired) electrons. The SMILES string of the molecule is CC(C)(C)[C@@H](NC(=O)Nc1cc(N)c(C(=N)c2ccc(F)cc2)c(CO)n1)c1ccccc1. The second-order valence-corrected chi connectivity index (χ2v) is 8.77. The van der Waals surface area contributed by atoms with Gasteiger partial charge in [0, 0.05) is 22.9 Å². The van der Waals surface area contributed by atoms with Gasteiger partial charge in [0.1, 0.15) is 11.6 Å². The number of hydrogen-bond acceptors (Lipinski definition) is 5. The van der Waals surface area contributed by atoms with Gasteiger partial charge in [0.15, 0.2) is 0 Å². The molecule has 0 bridgehead atoms. The number of amides is 2. The Kier molecular flexibility index (Phi) is 7.08. The number of hydrogen-bond donors (Lipinski definition) is 5. The lowest BCUT2D eigenvalue weighted by molar-refractivity contribution is 0.229. The van der Waals surface area contributed by atoms with E-state index in [1.54, 1.807) is 0 Å². The fraction of sp³-hybridized carbons (Fsp3) is 0.240. The highest BCUT2D eigenvalue weighted by atomic mass is 19.1. The second-order valence-electron chi connectivity index (χ2n) is 8.77. The highest BCUT2D eigenvalue weighted by molar-refractivity contribution is 6.14. The lowest BCUT2D eigenvalue weighted by Crippen LogP contribution is -2.39. The first-order valence-electron chi connectivity index (χ1n) is 10.5. The molecule has 0 aliphatic rings. The van der Waals surface area contributed by atoms with Crippen LogP contribution in [-0.4, -0.2) is 21.8 Å². The summed E-state index contributed by atoms with van der Waals surface area (Å²) in [7, 11) is 0. The molecule has 3 aromatic rings. The molecule has 0 unspecified atom stereocenters. The largest absolute Gasteiger partial charge is 0.398 e. The molecule has 0 saturated heterocycles. The summed E-state index contributed by atoms with van der Waals surface area (Å²) in [5.74, 6) is -0.278. The van der Waals surface area contributed by atoms with E-state index in [4.69, 9.17) is 11.1 Å². The first-order chi connectivity index (χ1) is 15.6. The quantitative estimate of drug-likeness (QED) is 0.352. The monoisotopic (exact) mass is 449 g/mol. The smallest absolute Gasteiger partial charge is 0.320 e. The number of aliphatic hydroxyl groups excluding tert-OH is 1. The average molecular weight is 450 g/mol. The van der Waals surface area contributed by atoms with Gasteiger partial charge in [0.2, 0.25) is 0 Å². The molecule has 0 aliphatic carbocycles. The van der Waals surface area contributed by atoms with Gasteiger partial charge in [-0.3, -0.25) is 10.7 Å². The Bertz CT molecular complexity index is 1140. The predicted molar refractivity (Wildman–Crippen MR) is 128 cm³/mol. The zero-order chi connectivity index (χ0) is 24.2. The number of benzene rings is 2. The Hall–Kier alpha value is -3.78. The number of halogens is 1. The summed E-state index contributed by atoms with van der Waals surface area (Å²) in [6.07, 6.45) is 0. The van der Waals surface area contributed by atoms with Crippen molar-refractivity contribution in [3.05, 3.63) is 88.9 Å². The van der Waals surface area contributed by atoms with E-state index in [1.165, 1.54) is 30.3 Å². The molecule has 8 heteroatoms. The molecule has 6 N–H and O–H groups in total. The first kappa shape index (κ1) is 23.9. The Morgan fingerprint density at radius 3 is 2.36 bits per heavy atom. The minimum absolute atomic E-state index is 0.00285. The van der Waals surface area contributed by atoms with Gasteiger partial charge in [-0.1, -0.05) is 51.1 Å². The van der Waals surface area contributed by atoms with Crippen molar-refractivity contribution < 1.29 is 14.3 Å². The van der Waals surface area contributed by atoms with E-state index < -0.39 is 18.5 Å². The number of anilines is 2. The van der Waals surface area contributed by atoms with E-state index in [0.717, 1.165) is 5.56 Å². The molecule has 1 heterocycles. The topological polar surface area (TPSA) is 124 Å². The van der Waals surface area contributed by atoms with Crippen molar-refractivity contribution in [1.29, 1.82) is 5.41 Å². The van der Waals surface area contributed by atoms with E-state index in [-0.39, 0.29) is 39.9 Å². The van der Waals surface area contributed by atoms with Crippen LogP contribution in [0.25, 0.3) is 0 Å². The molecule has 2 aromatic carbocycles. The van der Waals surface area contributed by atoms with Gasteiger partial charge >= 0.3 is 6.03 Å². The lowest BCUT2D eigenvalue weighted by atomic mass is 9.82. The number of nitrogens with zero attached hydrogens (tertiary/aromatic N) is 1. The molecule has 3 rings (SSSR count). The maximum Gasteiger partial charge on any atom is 0.320 e. The van der Waals surface area contributed by atoms with Crippen LogP contribution in [0.2, 0.25) is 0 Å². The minimum Gasteiger partial charge on any atom is -0.398 e. The number of aliphatic hydroxyl groups is 1. The predicted octanol–water partition coefficient (Wildman–Crippen LogP) is 4.62. The zero-order valence-electron chi connectivity index (χ0n) is 18.8. The number of carbonyl (C=O) groups excluding carboxylic acids is 1.